The van der Waals surface area contributed by atoms with Gasteiger partial charge in [0.15, 0.2) is 15.6 Å². The van der Waals surface area contributed by atoms with Gasteiger partial charge in [0, 0.05) is 10.9 Å². The normalized spacial score (nSPS) is 16.7. The predicted octanol–water partition coefficient (Wildman–Crippen LogP) is 3.53. The van der Waals surface area contributed by atoms with Gasteiger partial charge in [-0.05, 0) is 31.0 Å². The number of ketones is 1. The lowest BCUT2D eigenvalue weighted by Gasteiger charge is -2.10. The first-order chi connectivity index (χ1) is 8.90. The fourth-order valence-electron chi connectivity index (χ4n) is 2.35. The predicted molar refractivity (Wildman–Crippen MR) is 75.5 cm³/mol. The van der Waals surface area contributed by atoms with Gasteiger partial charge in [0.05, 0.1) is 9.92 Å². The fraction of sp³-hybridized carbons (Fsp3) is 0.462. The highest BCUT2D eigenvalue weighted by atomic mass is 35.5. The molecule has 0 bridgehead atoms. The van der Waals surface area contributed by atoms with E-state index in [1.165, 1.54) is 18.2 Å². The Kier molecular flexibility index (Phi) is 4.54. The Hall–Kier alpha value is -0.580. The summed E-state index contributed by atoms with van der Waals surface area (Å²) >= 11 is 11.7. The molecular weight excluding hydrogens is 307 g/mol. The van der Waals surface area contributed by atoms with Crippen molar-refractivity contribution in [1.82, 2.24) is 0 Å². The van der Waals surface area contributed by atoms with E-state index >= 15 is 0 Å². The number of halogens is 2. The van der Waals surface area contributed by atoms with E-state index < -0.39 is 15.6 Å². The van der Waals surface area contributed by atoms with Crippen molar-refractivity contribution in [2.45, 2.75) is 30.6 Å². The van der Waals surface area contributed by atoms with E-state index in [4.69, 9.17) is 23.2 Å². The highest BCUT2D eigenvalue weighted by Gasteiger charge is 2.29. The van der Waals surface area contributed by atoms with E-state index in [9.17, 15) is 13.2 Å². The molecule has 1 aliphatic carbocycles. The summed E-state index contributed by atoms with van der Waals surface area (Å²) in [7, 11) is -3.72. The Morgan fingerprint density at radius 1 is 1.21 bits per heavy atom. The third-order valence-electron chi connectivity index (χ3n) is 3.37. The van der Waals surface area contributed by atoms with Crippen LogP contribution in [0, 0.1) is 5.92 Å². The molecule has 1 saturated carbocycles. The molecule has 0 aliphatic heterocycles. The molecule has 19 heavy (non-hydrogen) atoms. The van der Waals surface area contributed by atoms with Gasteiger partial charge in [-0.15, -0.1) is 0 Å². The first kappa shape index (κ1) is 14.8. The highest BCUT2D eigenvalue weighted by molar-refractivity contribution is 7.92. The van der Waals surface area contributed by atoms with Crippen LogP contribution >= 0.6 is 23.2 Å². The molecule has 0 aromatic heterocycles. The average molecular weight is 321 g/mol. The summed E-state index contributed by atoms with van der Waals surface area (Å²) in [6.07, 6.45) is 3.57. The quantitative estimate of drug-likeness (QED) is 0.852. The topological polar surface area (TPSA) is 51.2 Å². The summed E-state index contributed by atoms with van der Waals surface area (Å²) in [5.74, 6) is -0.821. The van der Waals surface area contributed by atoms with Gasteiger partial charge >= 0.3 is 0 Å². The van der Waals surface area contributed by atoms with Crippen molar-refractivity contribution in [1.29, 1.82) is 0 Å². The first-order valence-corrected chi connectivity index (χ1v) is 8.51. The first-order valence-electron chi connectivity index (χ1n) is 6.10. The maximum absolute atomic E-state index is 12.2. The van der Waals surface area contributed by atoms with Gasteiger partial charge in [0.25, 0.3) is 0 Å². The Morgan fingerprint density at radius 3 is 2.47 bits per heavy atom. The number of carbonyl (C=O) groups excluding carboxylic acids is 1. The minimum atomic E-state index is -3.72. The van der Waals surface area contributed by atoms with Crippen LogP contribution in [0.25, 0.3) is 0 Å². The van der Waals surface area contributed by atoms with Gasteiger partial charge in [-0.2, -0.15) is 0 Å². The third-order valence-corrected chi connectivity index (χ3v) is 5.72. The lowest BCUT2D eigenvalue weighted by atomic mass is 10.0. The van der Waals surface area contributed by atoms with Crippen LogP contribution in [0.15, 0.2) is 23.1 Å². The molecule has 104 valence electrons. The second-order valence-corrected chi connectivity index (χ2v) is 7.58. The maximum Gasteiger partial charge on any atom is 0.186 e. The van der Waals surface area contributed by atoms with Crippen LogP contribution in [0.4, 0.5) is 0 Å². The minimum Gasteiger partial charge on any atom is -0.298 e. The van der Waals surface area contributed by atoms with E-state index in [0.717, 1.165) is 25.7 Å². The molecule has 0 saturated heterocycles. The number of Topliss-reactive ketones (excluding diaryl/α,β-unsaturated/α-hetero) is 1. The number of rotatable bonds is 4. The molecule has 1 aromatic rings. The van der Waals surface area contributed by atoms with Crippen molar-refractivity contribution < 1.29 is 13.2 Å². The monoisotopic (exact) mass is 320 g/mol. The summed E-state index contributed by atoms with van der Waals surface area (Å²) in [6, 6.07) is 4.24. The molecule has 1 aromatic carbocycles. The maximum atomic E-state index is 12.2. The average Bonchev–Trinajstić information content (AvgIpc) is 2.85. The van der Waals surface area contributed by atoms with Crippen molar-refractivity contribution in [3.63, 3.8) is 0 Å². The number of sulfone groups is 1. The van der Waals surface area contributed by atoms with Gasteiger partial charge in [0.1, 0.15) is 5.75 Å². The second-order valence-electron chi connectivity index (χ2n) is 4.78. The van der Waals surface area contributed by atoms with Gasteiger partial charge < -0.3 is 0 Å². The van der Waals surface area contributed by atoms with Crippen LogP contribution in [0.2, 0.25) is 10.0 Å². The lowest BCUT2D eigenvalue weighted by Crippen LogP contribution is -2.22. The van der Waals surface area contributed by atoms with Crippen molar-refractivity contribution in [3.8, 4) is 0 Å². The molecule has 0 amide bonds. The lowest BCUT2D eigenvalue weighted by molar-refractivity contribution is -0.120. The number of carbonyl (C=O) groups is 1. The Balaban J connectivity index is 2.22. The molecule has 0 N–H and O–H groups in total. The van der Waals surface area contributed by atoms with Crippen LogP contribution in [-0.4, -0.2) is 20.0 Å². The second kappa shape index (κ2) is 5.81. The molecule has 0 spiro atoms. The van der Waals surface area contributed by atoms with E-state index in [1.807, 2.05) is 0 Å². The molecule has 0 heterocycles. The van der Waals surface area contributed by atoms with Crippen LogP contribution in [0.1, 0.15) is 25.7 Å². The van der Waals surface area contributed by atoms with E-state index in [0.29, 0.717) is 0 Å². The summed E-state index contributed by atoms with van der Waals surface area (Å²) in [5, 5.41) is 0.389. The highest BCUT2D eigenvalue weighted by Crippen LogP contribution is 2.29. The van der Waals surface area contributed by atoms with Gasteiger partial charge in [0.2, 0.25) is 0 Å². The summed E-state index contributed by atoms with van der Waals surface area (Å²) in [5.41, 5.74) is 0. The van der Waals surface area contributed by atoms with Gasteiger partial charge in [-0.1, -0.05) is 36.0 Å². The van der Waals surface area contributed by atoms with Crippen molar-refractivity contribution >= 4 is 38.8 Å². The molecule has 3 nitrogen and oxygen atoms in total. The molecule has 2 rings (SSSR count). The molecule has 0 radical (unpaired) electrons. The van der Waals surface area contributed by atoms with Crippen molar-refractivity contribution in [2.75, 3.05) is 5.75 Å². The number of hydrogen-bond acceptors (Lipinski definition) is 3. The van der Waals surface area contributed by atoms with E-state index in [1.54, 1.807) is 0 Å². The number of hydrogen-bond donors (Lipinski definition) is 0. The zero-order valence-electron chi connectivity index (χ0n) is 10.2. The van der Waals surface area contributed by atoms with Crippen LogP contribution < -0.4 is 0 Å². The molecular formula is C13H14Cl2O3S. The van der Waals surface area contributed by atoms with Crippen molar-refractivity contribution in [3.05, 3.63) is 28.2 Å². The minimum absolute atomic E-state index is 0.0620. The summed E-state index contributed by atoms with van der Waals surface area (Å²) in [6.45, 7) is 0. The SMILES string of the molecule is O=C(CS(=O)(=O)c1cc(Cl)ccc1Cl)C1CCCC1. The Morgan fingerprint density at radius 2 is 1.84 bits per heavy atom. The van der Waals surface area contributed by atoms with Crippen LogP contribution in [0.3, 0.4) is 0 Å². The van der Waals surface area contributed by atoms with Gasteiger partial charge in [-0.25, -0.2) is 8.42 Å². The summed E-state index contributed by atoms with van der Waals surface area (Å²) in [4.78, 5) is 11.9. The fourth-order valence-corrected chi connectivity index (χ4v) is 4.49. The zero-order valence-corrected chi connectivity index (χ0v) is 12.6. The Bertz CT molecular complexity index is 590. The van der Waals surface area contributed by atoms with E-state index in [2.05, 4.69) is 0 Å². The largest absolute Gasteiger partial charge is 0.298 e. The van der Waals surface area contributed by atoms with Crippen LogP contribution in [0.5, 0.6) is 0 Å². The standard InChI is InChI=1S/C13H14Cl2O3S/c14-10-5-6-11(15)13(7-10)19(17,18)8-12(16)9-3-1-2-4-9/h5-7,9H,1-4,8H2. The Labute approximate surface area is 122 Å². The third kappa shape index (κ3) is 3.50. The molecule has 1 fully saturated rings. The smallest absolute Gasteiger partial charge is 0.186 e. The molecule has 0 unspecified atom stereocenters. The van der Waals surface area contributed by atoms with Crippen molar-refractivity contribution in [2.24, 2.45) is 5.92 Å². The summed E-state index contributed by atoms with van der Waals surface area (Å²) < 4.78 is 24.4. The van der Waals surface area contributed by atoms with Gasteiger partial charge in [-0.3, -0.25) is 4.79 Å². The molecule has 6 heteroatoms. The van der Waals surface area contributed by atoms with E-state index in [-0.39, 0.29) is 26.6 Å². The molecule has 0 atom stereocenters. The number of benzene rings is 1. The molecule has 1 aliphatic rings. The zero-order chi connectivity index (χ0) is 14.0. The van der Waals surface area contributed by atoms with Crippen LogP contribution in [-0.2, 0) is 14.6 Å².